The Morgan fingerprint density at radius 2 is 2.09 bits per heavy atom. The average Bonchev–Trinajstić information content (AvgIpc) is 3.16. The van der Waals surface area contributed by atoms with Gasteiger partial charge in [0.25, 0.3) is 0 Å². The molecule has 0 aliphatic carbocycles. The summed E-state index contributed by atoms with van der Waals surface area (Å²) >= 11 is 0. The molecule has 2 aromatic rings. The molecule has 1 aliphatic heterocycles. The first-order valence-corrected chi connectivity index (χ1v) is 7.95. The Kier molecular flexibility index (Phi) is 4.55. The van der Waals surface area contributed by atoms with Gasteiger partial charge in [-0.1, -0.05) is 49.3 Å². The molecule has 5 nitrogen and oxygen atoms in total. The standard InChI is InChI=1S/C17H23N3O2/c1-12(2)17-18-16(19-22-17)14-9-6-10-20(14)11-15(21)13-7-4-3-5-8-13/h3-5,7-8,12,14-15,21H,6,9-11H2,1-2H3/t14-,15+/m0/s1. The normalized spacial score (nSPS) is 20.6. The smallest absolute Gasteiger partial charge is 0.229 e. The van der Waals surface area contributed by atoms with Crippen molar-refractivity contribution < 1.29 is 9.63 Å². The molecule has 0 spiro atoms. The maximum absolute atomic E-state index is 10.4. The molecule has 118 valence electrons. The van der Waals surface area contributed by atoms with Crippen LogP contribution in [0.1, 0.15) is 62.0 Å². The lowest BCUT2D eigenvalue weighted by atomic mass is 10.1. The van der Waals surface area contributed by atoms with Gasteiger partial charge < -0.3 is 9.63 Å². The zero-order valence-electron chi connectivity index (χ0n) is 13.1. The lowest BCUT2D eigenvalue weighted by Gasteiger charge is -2.24. The maximum Gasteiger partial charge on any atom is 0.229 e. The fraction of sp³-hybridized carbons (Fsp3) is 0.529. The van der Waals surface area contributed by atoms with Gasteiger partial charge in [0.05, 0.1) is 12.1 Å². The Balaban J connectivity index is 1.70. The number of aliphatic hydroxyl groups is 1. The molecule has 3 rings (SSSR count). The number of benzene rings is 1. The second-order valence-electron chi connectivity index (χ2n) is 6.22. The summed E-state index contributed by atoms with van der Waals surface area (Å²) in [5.41, 5.74) is 0.948. The third-order valence-corrected chi connectivity index (χ3v) is 4.20. The number of likely N-dealkylation sites (tertiary alicyclic amines) is 1. The SMILES string of the molecule is CC(C)c1nc([C@@H]2CCCN2C[C@@H](O)c2ccccc2)no1. The van der Waals surface area contributed by atoms with Crippen molar-refractivity contribution in [3.8, 4) is 0 Å². The van der Waals surface area contributed by atoms with E-state index < -0.39 is 6.10 Å². The van der Waals surface area contributed by atoms with Crippen molar-refractivity contribution in [1.29, 1.82) is 0 Å². The predicted molar refractivity (Wildman–Crippen MR) is 83.3 cm³/mol. The summed E-state index contributed by atoms with van der Waals surface area (Å²) in [5.74, 6) is 1.68. The monoisotopic (exact) mass is 301 g/mol. The molecule has 1 aliphatic rings. The number of β-amino-alcohol motifs (C(OH)–C–C–N with tert-alkyl or cyclic N) is 1. The molecule has 1 fully saturated rings. The van der Waals surface area contributed by atoms with Gasteiger partial charge in [-0.2, -0.15) is 4.98 Å². The Bertz CT molecular complexity index is 597. The second-order valence-corrected chi connectivity index (χ2v) is 6.22. The van der Waals surface area contributed by atoms with Gasteiger partial charge in [-0.3, -0.25) is 4.90 Å². The van der Waals surface area contributed by atoms with Gasteiger partial charge in [-0.05, 0) is 24.9 Å². The van der Waals surface area contributed by atoms with E-state index in [1.807, 2.05) is 44.2 Å². The van der Waals surface area contributed by atoms with Crippen LogP contribution in [0.4, 0.5) is 0 Å². The summed E-state index contributed by atoms with van der Waals surface area (Å²) in [6, 6.07) is 9.93. The molecule has 1 saturated heterocycles. The van der Waals surface area contributed by atoms with Gasteiger partial charge >= 0.3 is 0 Å². The fourth-order valence-corrected chi connectivity index (χ4v) is 2.96. The van der Waals surface area contributed by atoms with Crippen LogP contribution in [-0.4, -0.2) is 33.2 Å². The summed E-state index contributed by atoms with van der Waals surface area (Å²) in [6.45, 7) is 5.64. The highest BCUT2D eigenvalue weighted by atomic mass is 16.5. The zero-order valence-corrected chi connectivity index (χ0v) is 13.1. The van der Waals surface area contributed by atoms with Crippen LogP contribution in [0.2, 0.25) is 0 Å². The van der Waals surface area contributed by atoms with Gasteiger partial charge in [-0.15, -0.1) is 0 Å². The number of hydrogen-bond acceptors (Lipinski definition) is 5. The first-order chi connectivity index (χ1) is 10.6. The minimum absolute atomic E-state index is 0.148. The molecule has 1 aromatic carbocycles. The molecule has 5 heteroatoms. The Labute approximate surface area is 131 Å². The van der Waals surface area contributed by atoms with Crippen molar-refractivity contribution in [2.45, 2.75) is 44.8 Å². The Hall–Kier alpha value is -1.72. The first kappa shape index (κ1) is 15.2. The van der Waals surface area contributed by atoms with E-state index in [0.29, 0.717) is 12.4 Å². The third-order valence-electron chi connectivity index (χ3n) is 4.20. The van der Waals surface area contributed by atoms with Crippen molar-refractivity contribution in [3.05, 3.63) is 47.6 Å². The van der Waals surface area contributed by atoms with Crippen LogP contribution in [0.3, 0.4) is 0 Å². The average molecular weight is 301 g/mol. The van der Waals surface area contributed by atoms with Crippen molar-refractivity contribution in [3.63, 3.8) is 0 Å². The number of hydrogen-bond donors (Lipinski definition) is 1. The maximum atomic E-state index is 10.4. The topological polar surface area (TPSA) is 62.4 Å². The molecule has 0 unspecified atom stereocenters. The van der Waals surface area contributed by atoms with Crippen LogP contribution in [0.5, 0.6) is 0 Å². The highest BCUT2D eigenvalue weighted by molar-refractivity contribution is 5.17. The quantitative estimate of drug-likeness (QED) is 0.919. The largest absolute Gasteiger partial charge is 0.387 e. The van der Waals surface area contributed by atoms with Crippen LogP contribution in [0.15, 0.2) is 34.9 Å². The molecule has 2 atom stereocenters. The molecular formula is C17H23N3O2. The van der Waals surface area contributed by atoms with Crippen molar-refractivity contribution in [1.82, 2.24) is 15.0 Å². The molecule has 2 heterocycles. The third kappa shape index (κ3) is 3.20. The van der Waals surface area contributed by atoms with E-state index in [4.69, 9.17) is 4.52 Å². The molecule has 1 aromatic heterocycles. The van der Waals surface area contributed by atoms with Gasteiger partial charge in [0.1, 0.15) is 0 Å². The Morgan fingerprint density at radius 3 is 2.77 bits per heavy atom. The minimum atomic E-state index is -0.488. The van der Waals surface area contributed by atoms with E-state index in [1.54, 1.807) is 0 Å². The van der Waals surface area contributed by atoms with Crippen LogP contribution in [0.25, 0.3) is 0 Å². The van der Waals surface area contributed by atoms with E-state index >= 15 is 0 Å². The van der Waals surface area contributed by atoms with Crippen LogP contribution < -0.4 is 0 Å². The molecule has 0 bridgehead atoms. The fourth-order valence-electron chi connectivity index (χ4n) is 2.96. The van der Waals surface area contributed by atoms with Crippen LogP contribution in [-0.2, 0) is 0 Å². The minimum Gasteiger partial charge on any atom is -0.387 e. The van der Waals surface area contributed by atoms with E-state index in [2.05, 4.69) is 15.0 Å². The van der Waals surface area contributed by atoms with Crippen molar-refractivity contribution in [2.24, 2.45) is 0 Å². The van der Waals surface area contributed by atoms with Crippen LogP contribution >= 0.6 is 0 Å². The van der Waals surface area contributed by atoms with Gasteiger partial charge in [0.15, 0.2) is 5.82 Å². The predicted octanol–water partition coefficient (Wildman–Crippen LogP) is 3.06. The molecular weight excluding hydrogens is 278 g/mol. The molecule has 0 amide bonds. The summed E-state index contributed by atoms with van der Waals surface area (Å²) in [6.07, 6.45) is 1.62. The van der Waals surface area contributed by atoms with Crippen LogP contribution in [0, 0.1) is 0 Å². The van der Waals surface area contributed by atoms with Gasteiger partial charge in [0.2, 0.25) is 5.89 Å². The highest BCUT2D eigenvalue weighted by Gasteiger charge is 2.31. The lowest BCUT2D eigenvalue weighted by molar-refractivity contribution is 0.103. The lowest BCUT2D eigenvalue weighted by Crippen LogP contribution is -2.29. The van der Waals surface area contributed by atoms with E-state index in [9.17, 15) is 5.11 Å². The van der Waals surface area contributed by atoms with Crippen molar-refractivity contribution in [2.75, 3.05) is 13.1 Å². The molecule has 0 saturated carbocycles. The first-order valence-electron chi connectivity index (χ1n) is 7.95. The van der Waals surface area contributed by atoms with Crippen molar-refractivity contribution >= 4 is 0 Å². The van der Waals surface area contributed by atoms with E-state index in [0.717, 1.165) is 30.8 Å². The molecule has 1 N–H and O–H groups in total. The zero-order chi connectivity index (χ0) is 15.5. The molecule has 22 heavy (non-hydrogen) atoms. The Morgan fingerprint density at radius 1 is 1.32 bits per heavy atom. The van der Waals surface area contributed by atoms with Gasteiger partial charge in [-0.25, -0.2) is 0 Å². The summed E-state index contributed by atoms with van der Waals surface area (Å²) < 4.78 is 5.33. The number of aliphatic hydroxyl groups excluding tert-OH is 1. The molecule has 0 radical (unpaired) electrons. The number of rotatable bonds is 5. The summed E-state index contributed by atoms with van der Waals surface area (Å²) in [7, 11) is 0. The second kappa shape index (κ2) is 6.58. The van der Waals surface area contributed by atoms with E-state index in [1.165, 1.54) is 0 Å². The van der Waals surface area contributed by atoms with E-state index in [-0.39, 0.29) is 12.0 Å². The summed E-state index contributed by atoms with van der Waals surface area (Å²) in [4.78, 5) is 6.78. The van der Waals surface area contributed by atoms with Gasteiger partial charge in [0, 0.05) is 12.5 Å². The number of nitrogens with zero attached hydrogens (tertiary/aromatic N) is 3. The number of aromatic nitrogens is 2. The summed E-state index contributed by atoms with van der Waals surface area (Å²) in [5, 5.41) is 14.6. The highest BCUT2D eigenvalue weighted by Crippen LogP contribution is 2.32.